The molecule has 3 heteroatoms. The van der Waals surface area contributed by atoms with Gasteiger partial charge in [0.15, 0.2) is 0 Å². The maximum absolute atomic E-state index is 13.3. The van der Waals surface area contributed by atoms with Crippen molar-refractivity contribution < 1.29 is 9.53 Å². The summed E-state index contributed by atoms with van der Waals surface area (Å²) in [5.41, 5.74) is 3.69. The van der Waals surface area contributed by atoms with Gasteiger partial charge < -0.3 is 4.74 Å². The molecule has 0 fully saturated rings. The summed E-state index contributed by atoms with van der Waals surface area (Å²) in [5.74, 6) is 0. The highest BCUT2D eigenvalue weighted by Crippen LogP contribution is 2.36. The SMILES string of the molecule is O=C(OC1C=Cc2cccc3cccc1c23)N(c1ccccc1)c1ccccc1. The molecule has 5 rings (SSSR count). The zero-order valence-electron chi connectivity index (χ0n) is 15.7. The average molecular weight is 377 g/mol. The number of hydrogen-bond acceptors (Lipinski definition) is 2. The molecular formula is C26H19NO2. The van der Waals surface area contributed by atoms with Gasteiger partial charge in [0.05, 0.1) is 11.4 Å². The van der Waals surface area contributed by atoms with Gasteiger partial charge in [-0.15, -0.1) is 0 Å². The normalized spacial score (nSPS) is 14.6. The van der Waals surface area contributed by atoms with E-state index in [1.807, 2.05) is 91.0 Å². The number of benzene rings is 4. The summed E-state index contributed by atoms with van der Waals surface area (Å²) in [4.78, 5) is 14.9. The molecule has 0 saturated carbocycles. The van der Waals surface area contributed by atoms with E-state index < -0.39 is 12.2 Å². The summed E-state index contributed by atoms with van der Waals surface area (Å²) in [7, 11) is 0. The van der Waals surface area contributed by atoms with E-state index in [1.165, 1.54) is 0 Å². The van der Waals surface area contributed by atoms with Crippen LogP contribution in [0.25, 0.3) is 16.8 Å². The molecule has 1 aliphatic rings. The summed E-state index contributed by atoms with van der Waals surface area (Å²) in [6.07, 6.45) is 3.13. The molecule has 1 atom stereocenters. The fourth-order valence-corrected chi connectivity index (χ4v) is 3.85. The smallest absolute Gasteiger partial charge is 0.419 e. The van der Waals surface area contributed by atoms with E-state index in [-0.39, 0.29) is 0 Å². The van der Waals surface area contributed by atoms with E-state index in [0.29, 0.717) is 0 Å². The molecule has 4 aromatic rings. The van der Waals surface area contributed by atoms with Crippen molar-refractivity contribution in [2.75, 3.05) is 4.90 Å². The average Bonchev–Trinajstić information content (AvgIpc) is 2.78. The number of anilines is 2. The number of nitrogens with zero attached hydrogens (tertiary/aromatic N) is 1. The van der Waals surface area contributed by atoms with Gasteiger partial charge in [-0.3, -0.25) is 0 Å². The Labute approximate surface area is 169 Å². The lowest BCUT2D eigenvalue weighted by Crippen LogP contribution is -2.28. The van der Waals surface area contributed by atoms with Gasteiger partial charge in [-0.1, -0.05) is 78.9 Å². The first-order valence-electron chi connectivity index (χ1n) is 9.62. The Morgan fingerprint density at radius 2 is 1.34 bits per heavy atom. The molecule has 3 nitrogen and oxygen atoms in total. The Hall–Kier alpha value is -3.85. The highest BCUT2D eigenvalue weighted by atomic mass is 16.6. The third-order valence-electron chi connectivity index (χ3n) is 5.17. The van der Waals surface area contributed by atoms with Gasteiger partial charge in [-0.25, -0.2) is 9.69 Å². The summed E-state index contributed by atoms with van der Waals surface area (Å²) in [6.45, 7) is 0. The zero-order valence-corrected chi connectivity index (χ0v) is 15.7. The number of amides is 1. The van der Waals surface area contributed by atoms with Gasteiger partial charge in [0.1, 0.15) is 6.10 Å². The quantitative estimate of drug-likeness (QED) is 0.389. The molecule has 29 heavy (non-hydrogen) atoms. The fraction of sp³-hybridized carbons (Fsp3) is 0.0385. The first kappa shape index (κ1) is 17.3. The Bertz CT molecular complexity index is 1150. The minimum atomic E-state index is -0.434. The van der Waals surface area contributed by atoms with Crippen molar-refractivity contribution in [1.82, 2.24) is 0 Å². The van der Waals surface area contributed by atoms with Crippen LogP contribution in [0.2, 0.25) is 0 Å². The number of carbonyl (C=O) groups excluding carboxylic acids is 1. The number of carbonyl (C=O) groups is 1. The van der Waals surface area contributed by atoms with E-state index in [0.717, 1.165) is 33.3 Å². The first-order valence-corrected chi connectivity index (χ1v) is 9.62. The Morgan fingerprint density at radius 3 is 2.00 bits per heavy atom. The second-order valence-electron chi connectivity index (χ2n) is 6.96. The monoisotopic (exact) mass is 377 g/mol. The third kappa shape index (κ3) is 3.17. The van der Waals surface area contributed by atoms with Gasteiger partial charge in [-0.05, 0) is 46.7 Å². The lowest BCUT2D eigenvalue weighted by molar-refractivity contribution is 0.130. The molecule has 0 spiro atoms. The molecule has 0 saturated heterocycles. The standard InChI is InChI=1S/C26H19NO2/c28-26(27(21-12-3-1-4-13-21)22-14-5-2-6-15-22)29-24-18-17-20-10-7-9-19-11-8-16-23(24)25(19)20/h1-18,24H. The van der Waals surface area contributed by atoms with Crippen molar-refractivity contribution in [3.63, 3.8) is 0 Å². The second-order valence-corrected chi connectivity index (χ2v) is 6.96. The molecule has 0 radical (unpaired) electrons. The highest BCUT2D eigenvalue weighted by molar-refractivity contribution is 5.98. The van der Waals surface area contributed by atoms with Crippen molar-refractivity contribution in [1.29, 1.82) is 0 Å². The van der Waals surface area contributed by atoms with Crippen LogP contribution >= 0.6 is 0 Å². The van der Waals surface area contributed by atoms with Gasteiger partial charge in [0.2, 0.25) is 0 Å². The van der Waals surface area contributed by atoms with Crippen molar-refractivity contribution >= 4 is 34.3 Å². The molecule has 4 aromatic carbocycles. The topological polar surface area (TPSA) is 29.5 Å². The minimum absolute atomic E-state index is 0.409. The van der Waals surface area contributed by atoms with Crippen LogP contribution in [-0.2, 0) is 4.74 Å². The van der Waals surface area contributed by atoms with Crippen molar-refractivity contribution in [3.8, 4) is 0 Å². The lowest BCUT2D eigenvalue weighted by atomic mass is 9.91. The van der Waals surface area contributed by atoms with Gasteiger partial charge >= 0.3 is 6.09 Å². The Kier molecular flexibility index (Phi) is 4.34. The first-order chi connectivity index (χ1) is 14.3. The van der Waals surface area contributed by atoms with Crippen LogP contribution in [0.3, 0.4) is 0 Å². The predicted molar refractivity (Wildman–Crippen MR) is 117 cm³/mol. The van der Waals surface area contributed by atoms with Crippen LogP contribution in [-0.4, -0.2) is 6.09 Å². The molecule has 0 aliphatic heterocycles. The van der Waals surface area contributed by atoms with Crippen LogP contribution in [0.15, 0.2) is 103 Å². The molecule has 1 aliphatic carbocycles. The van der Waals surface area contributed by atoms with Crippen molar-refractivity contribution in [2.24, 2.45) is 0 Å². The van der Waals surface area contributed by atoms with Gasteiger partial charge in [-0.2, -0.15) is 0 Å². The minimum Gasteiger partial charge on any atom is -0.436 e. The van der Waals surface area contributed by atoms with Crippen LogP contribution in [0.5, 0.6) is 0 Å². The van der Waals surface area contributed by atoms with Crippen LogP contribution < -0.4 is 4.90 Å². The summed E-state index contributed by atoms with van der Waals surface area (Å²) < 4.78 is 6.01. The Balaban J connectivity index is 1.52. The van der Waals surface area contributed by atoms with E-state index in [1.54, 1.807) is 4.90 Å². The van der Waals surface area contributed by atoms with Crippen LogP contribution in [0.4, 0.5) is 16.2 Å². The van der Waals surface area contributed by atoms with Gasteiger partial charge in [0, 0.05) is 5.56 Å². The molecular weight excluding hydrogens is 358 g/mol. The molecule has 0 aromatic heterocycles. The molecule has 0 N–H and O–H groups in total. The maximum atomic E-state index is 13.3. The second kappa shape index (κ2) is 7.28. The number of rotatable bonds is 3. The summed E-state index contributed by atoms with van der Waals surface area (Å²) >= 11 is 0. The van der Waals surface area contributed by atoms with E-state index in [9.17, 15) is 4.79 Å². The van der Waals surface area contributed by atoms with Crippen LogP contribution in [0.1, 0.15) is 17.2 Å². The molecule has 140 valence electrons. The van der Waals surface area contributed by atoms with E-state index >= 15 is 0 Å². The van der Waals surface area contributed by atoms with E-state index in [4.69, 9.17) is 4.74 Å². The van der Waals surface area contributed by atoms with E-state index in [2.05, 4.69) is 18.2 Å². The lowest BCUT2D eigenvalue weighted by Gasteiger charge is -2.27. The number of hydrogen-bond donors (Lipinski definition) is 0. The molecule has 1 unspecified atom stereocenters. The summed E-state index contributed by atoms with van der Waals surface area (Å²) in [6, 6.07) is 31.5. The molecule has 0 heterocycles. The largest absolute Gasteiger partial charge is 0.436 e. The van der Waals surface area contributed by atoms with Crippen molar-refractivity contribution in [3.05, 3.63) is 114 Å². The maximum Gasteiger partial charge on any atom is 0.419 e. The van der Waals surface area contributed by atoms with Crippen LogP contribution in [0, 0.1) is 0 Å². The fourth-order valence-electron chi connectivity index (χ4n) is 3.85. The van der Waals surface area contributed by atoms with Gasteiger partial charge in [0.25, 0.3) is 0 Å². The third-order valence-corrected chi connectivity index (χ3v) is 5.17. The predicted octanol–water partition coefficient (Wildman–Crippen LogP) is 6.88. The molecule has 1 amide bonds. The van der Waals surface area contributed by atoms with Crippen molar-refractivity contribution in [2.45, 2.75) is 6.10 Å². The number of ether oxygens (including phenoxy) is 1. The summed E-state index contributed by atoms with van der Waals surface area (Å²) in [5, 5.41) is 2.29. The highest BCUT2D eigenvalue weighted by Gasteiger charge is 2.25. The Morgan fingerprint density at radius 1 is 0.724 bits per heavy atom. The zero-order chi connectivity index (χ0) is 19.6. The number of para-hydroxylation sites is 2. The molecule has 0 bridgehead atoms.